The summed E-state index contributed by atoms with van der Waals surface area (Å²) >= 11 is 5.82. The number of aromatic nitrogens is 2. The van der Waals surface area contributed by atoms with E-state index in [1.54, 1.807) is 26.1 Å². The van der Waals surface area contributed by atoms with Gasteiger partial charge in [-0.15, -0.1) is 11.6 Å². The second kappa shape index (κ2) is 6.13. The topological polar surface area (TPSA) is 47.4 Å². The number of alkyl halides is 1. The number of rotatable bonds is 5. The van der Waals surface area contributed by atoms with Crippen LogP contribution in [-0.4, -0.2) is 47.4 Å². The van der Waals surface area contributed by atoms with Crippen LogP contribution in [0.25, 0.3) is 11.0 Å². The first kappa shape index (κ1) is 14.7. The minimum Gasteiger partial charge on any atom is -0.497 e. The molecule has 0 unspecified atom stereocenters. The molecule has 2 aromatic rings. The van der Waals surface area contributed by atoms with Crippen LogP contribution in [-0.2, 0) is 17.8 Å². The van der Waals surface area contributed by atoms with Crippen LogP contribution in [0, 0.1) is 0 Å². The van der Waals surface area contributed by atoms with Gasteiger partial charge in [0.1, 0.15) is 18.1 Å². The zero-order valence-electron chi connectivity index (χ0n) is 11.9. The van der Waals surface area contributed by atoms with Crippen molar-refractivity contribution in [3.8, 4) is 5.75 Å². The van der Waals surface area contributed by atoms with E-state index in [1.807, 2.05) is 22.8 Å². The summed E-state index contributed by atoms with van der Waals surface area (Å²) in [6.45, 7) is 0.253. The van der Waals surface area contributed by atoms with Gasteiger partial charge in [0.15, 0.2) is 0 Å². The van der Waals surface area contributed by atoms with E-state index in [0.29, 0.717) is 12.3 Å². The predicted molar refractivity (Wildman–Crippen MR) is 79.4 cm³/mol. The number of imidazole rings is 1. The fourth-order valence-electron chi connectivity index (χ4n) is 2.01. The Labute approximate surface area is 123 Å². The van der Waals surface area contributed by atoms with E-state index in [1.165, 1.54) is 0 Å². The molecule has 1 heterocycles. The molecule has 5 nitrogen and oxygen atoms in total. The van der Waals surface area contributed by atoms with Crippen LogP contribution in [0.2, 0.25) is 0 Å². The van der Waals surface area contributed by atoms with Crippen LogP contribution in [0.15, 0.2) is 18.2 Å². The number of amides is 1. The molecule has 0 aliphatic heterocycles. The summed E-state index contributed by atoms with van der Waals surface area (Å²) in [6.07, 6.45) is 0.624. The molecule has 0 radical (unpaired) electrons. The zero-order chi connectivity index (χ0) is 14.7. The number of nitrogens with zero attached hydrogens (tertiary/aromatic N) is 3. The summed E-state index contributed by atoms with van der Waals surface area (Å²) in [5.41, 5.74) is 1.73. The van der Waals surface area contributed by atoms with Crippen molar-refractivity contribution in [2.75, 3.05) is 27.1 Å². The van der Waals surface area contributed by atoms with E-state index in [9.17, 15) is 4.79 Å². The summed E-state index contributed by atoms with van der Waals surface area (Å²) in [5.74, 6) is 2.05. The van der Waals surface area contributed by atoms with Crippen LogP contribution in [0.3, 0.4) is 0 Å². The van der Waals surface area contributed by atoms with Gasteiger partial charge < -0.3 is 14.2 Å². The number of hydrogen-bond donors (Lipinski definition) is 0. The van der Waals surface area contributed by atoms with Crippen LogP contribution in [0.1, 0.15) is 5.82 Å². The fraction of sp³-hybridized carbons (Fsp3) is 0.429. The summed E-state index contributed by atoms with van der Waals surface area (Å²) in [6, 6.07) is 5.64. The second-order valence-electron chi connectivity index (χ2n) is 4.70. The largest absolute Gasteiger partial charge is 0.497 e. The summed E-state index contributed by atoms with van der Waals surface area (Å²) < 4.78 is 7.14. The van der Waals surface area contributed by atoms with Gasteiger partial charge in [0, 0.05) is 32.5 Å². The van der Waals surface area contributed by atoms with Crippen molar-refractivity contribution < 1.29 is 9.53 Å². The molecule has 0 saturated heterocycles. The van der Waals surface area contributed by atoms with Crippen molar-refractivity contribution in [2.45, 2.75) is 13.0 Å². The third kappa shape index (κ3) is 2.88. The van der Waals surface area contributed by atoms with E-state index >= 15 is 0 Å². The highest BCUT2D eigenvalue weighted by Crippen LogP contribution is 2.22. The number of hydrogen-bond acceptors (Lipinski definition) is 3. The zero-order valence-corrected chi connectivity index (χ0v) is 12.6. The van der Waals surface area contributed by atoms with E-state index in [-0.39, 0.29) is 12.5 Å². The molecule has 2 rings (SSSR count). The standard InChI is InChI=1S/C14H18ClN3O2/c1-17(2)14(19)9-18-12-8-10(20-3)4-5-11(12)16-13(18)6-7-15/h4-5,8H,6-7,9H2,1-3H3. The maximum Gasteiger partial charge on any atom is 0.242 e. The van der Waals surface area contributed by atoms with Crippen LogP contribution in [0.4, 0.5) is 0 Å². The highest BCUT2D eigenvalue weighted by Gasteiger charge is 2.15. The number of likely N-dealkylation sites (N-methyl/N-ethyl adjacent to an activating group) is 1. The molecular formula is C14H18ClN3O2. The van der Waals surface area contributed by atoms with Crippen LogP contribution < -0.4 is 4.74 Å². The lowest BCUT2D eigenvalue weighted by Crippen LogP contribution is -2.27. The lowest BCUT2D eigenvalue weighted by molar-refractivity contribution is -0.129. The monoisotopic (exact) mass is 295 g/mol. The van der Waals surface area contributed by atoms with Gasteiger partial charge in [-0.3, -0.25) is 4.79 Å². The van der Waals surface area contributed by atoms with Crippen molar-refractivity contribution in [1.82, 2.24) is 14.5 Å². The molecule has 0 aliphatic carbocycles. The quantitative estimate of drug-likeness (QED) is 0.792. The number of aryl methyl sites for hydroxylation is 1. The maximum absolute atomic E-state index is 12.0. The molecular weight excluding hydrogens is 278 g/mol. The average Bonchev–Trinajstić information content (AvgIpc) is 2.76. The van der Waals surface area contributed by atoms with E-state index < -0.39 is 0 Å². The molecule has 1 aromatic carbocycles. The van der Waals surface area contributed by atoms with Gasteiger partial charge in [-0.2, -0.15) is 0 Å². The minimum absolute atomic E-state index is 0.0166. The smallest absolute Gasteiger partial charge is 0.242 e. The van der Waals surface area contributed by atoms with Crippen molar-refractivity contribution in [3.63, 3.8) is 0 Å². The number of fused-ring (bicyclic) bond motifs is 1. The lowest BCUT2D eigenvalue weighted by atomic mass is 10.3. The van der Waals surface area contributed by atoms with Crippen molar-refractivity contribution >= 4 is 28.5 Å². The molecule has 20 heavy (non-hydrogen) atoms. The Hall–Kier alpha value is -1.75. The summed E-state index contributed by atoms with van der Waals surface area (Å²) in [7, 11) is 5.10. The van der Waals surface area contributed by atoms with Gasteiger partial charge in [0.05, 0.1) is 18.1 Å². The maximum atomic E-state index is 12.0. The van der Waals surface area contributed by atoms with Gasteiger partial charge in [-0.25, -0.2) is 4.98 Å². The Morgan fingerprint density at radius 1 is 1.45 bits per heavy atom. The molecule has 0 spiro atoms. The molecule has 1 aromatic heterocycles. The Morgan fingerprint density at radius 3 is 2.80 bits per heavy atom. The molecule has 108 valence electrons. The number of carbonyl (C=O) groups excluding carboxylic acids is 1. The third-order valence-electron chi connectivity index (χ3n) is 3.14. The second-order valence-corrected chi connectivity index (χ2v) is 5.07. The Balaban J connectivity index is 2.50. The number of ether oxygens (including phenoxy) is 1. The Kier molecular flexibility index (Phi) is 4.49. The molecule has 1 amide bonds. The normalized spacial score (nSPS) is 10.8. The number of halogens is 1. The Bertz CT molecular complexity index is 622. The van der Waals surface area contributed by atoms with Crippen LogP contribution in [0.5, 0.6) is 5.75 Å². The summed E-state index contributed by atoms with van der Waals surface area (Å²) in [5, 5.41) is 0. The number of benzene rings is 1. The SMILES string of the molecule is COc1ccc2nc(CCCl)n(CC(=O)N(C)C)c2c1. The average molecular weight is 296 g/mol. The van der Waals surface area contributed by atoms with E-state index in [2.05, 4.69) is 4.98 Å². The third-order valence-corrected chi connectivity index (χ3v) is 3.33. The first-order chi connectivity index (χ1) is 9.56. The van der Waals surface area contributed by atoms with Crippen molar-refractivity contribution in [2.24, 2.45) is 0 Å². The minimum atomic E-state index is 0.0166. The van der Waals surface area contributed by atoms with Gasteiger partial charge in [-0.1, -0.05) is 0 Å². The molecule has 0 aliphatic rings. The molecule has 0 fully saturated rings. The predicted octanol–water partition coefficient (Wildman–Crippen LogP) is 1.91. The fourth-order valence-corrected chi connectivity index (χ4v) is 2.18. The van der Waals surface area contributed by atoms with Gasteiger partial charge in [0.2, 0.25) is 5.91 Å². The highest BCUT2D eigenvalue weighted by molar-refractivity contribution is 6.17. The number of methoxy groups -OCH3 is 1. The van der Waals surface area contributed by atoms with Crippen LogP contribution >= 0.6 is 11.6 Å². The van der Waals surface area contributed by atoms with Crippen molar-refractivity contribution in [3.05, 3.63) is 24.0 Å². The molecule has 0 N–H and O–H groups in total. The lowest BCUT2D eigenvalue weighted by Gasteiger charge is -2.13. The summed E-state index contributed by atoms with van der Waals surface area (Å²) in [4.78, 5) is 18.1. The highest BCUT2D eigenvalue weighted by atomic mass is 35.5. The molecule has 0 atom stereocenters. The number of carbonyl (C=O) groups is 1. The Morgan fingerprint density at radius 2 is 2.20 bits per heavy atom. The van der Waals surface area contributed by atoms with Crippen molar-refractivity contribution in [1.29, 1.82) is 0 Å². The van der Waals surface area contributed by atoms with E-state index in [4.69, 9.17) is 16.3 Å². The first-order valence-electron chi connectivity index (χ1n) is 6.36. The molecule has 0 bridgehead atoms. The van der Waals surface area contributed by atoms with E-state index in [0.717, 1.165) is 22.6 Å². The molecule has 0 saturated carbocycles. The first-order valence-corrected chi connectivity index (χ1v) is 6.89. The van der Waals surface area contributed by atoms with Gasteiger partial charge in [0.25, 0.3) is 0 Å². The molecule has 6 heteroatoms. The van der Waals surface area contributed by atoms with Gasteiger partial charge in [-0.05, 0) is 12.1 Å². The van der Waals surface area contributed by atoms with Gasteiger partial charge >= 0.3 is 0 Å².